The third-order valence-corrected chi connectivity index (χ3v) is 7.30. The van der Waals surface area contributed by atoms with Crippen LogP contribution in [-0.4, -0.2) is 22.7 Å². The Morgan fingerprint density at radius 3 is 2.54 bits per heavy atom. The lowest BCUT2D eigenvalue weighted by Gasteiger charge is -2.15. The molecule has 0 atom stereocenters. The number of thioether (sulfide) groups is 1. The number of carbonyl (C=O) groups excluding carboxylic acids is 2. The minimum absolute atomic E-state index is 0.0299. The number of rotatable bonds is 8. The monoisotopic (exact) mass is 667 g/mol. The first kappa shape index (κ1) is 25.7. The van der Waals surface area contributed by atoms with Crippen molar-refractivity contribution in [1.29, 1.82) is 0 Å². The predicted octanol–water partition coefficient (Wildman–Crippen LogP) is 7.41. The van der Waals surface area contributed by atoms with Crippen molar-refractivity contribution in [2.45, 2.75) is 20.1 Å². The van der Waals surface area contributed by atoms with E-state index in [1.165, 1.54) is 11.0 Å². The standard InChI is InChI=1S/C26H20BrFINO4S/c1-2-33-22-12-17(11-20(27)24(22)34-15-18-5-3-4-6-21(18)28)13-23-25(31)30(26(32)35-23)14-16-7-9-19(29)10-8-16/h3-13H,2,14-15H2,1H3/b23-13-. The van der Waals surface area contributed by atoms with Crippen LogP contribution in [0, 0.1) is 9.39 Å². The lowest BCUT2D eigenvalue weighted by molar-refractivity contribution is -0.123. The Morgan fingerprint density at radius 2 is 1.83 bits per heavy atom. The number of imide groups is 1. The van der Waals surface area contributed by atoms with Gasteiger partial charge in [0.2, 0.25) is 0 Å². The Hall–Kier alpha value is -2.37. The van der Waals surface area contributed by atoms with Gasteiger partial charge in [-0.3, -0.25) is 14.5 Å². The highest BCUT2D eigenvalue weighted by Gasteiger charge is 2.35. The molecule has 0 radical (unpaired) electrons. The molecule has 2 amide bonds. The molecule has 1 aliphatic rings. The lowest BCUT2D eigenvalue weighted by atomic mass is 10.1. The van der Waals surface area contributed by atoms with Crippen molar-refractivity contribution in [3.63, 3.8) is 0 Å². The first-order valence-electron chi connectivity index (χ1n) is 10.7. The maximum atomic E-state index is 14.0. The molecular weight excluding hydrogens is 648 g/mol. The number of halogens is 3. The average Bonchev–Trinajstić information content (AvgIpc) is 3.08. The van der Waals surface area contributed by atoms with E-state index < -0.39 is 0 Å². The summed E-state index contributed by atoms with van der Waals surface area (Å²) < 4.78 is 27.3. The maximum absolute atomic E-state index is 14.0. The van der Waals surface area contributed by atoms with Crippen LogP contribution in [0.2, 0.25) is 0 Å². The van der Waals surface area contributed by atoms with Crippen molar-refractivity contribution in [3.05, 3.63) is 96.1 Å². The van der Waals surface area contributed by atoms with Gasteiger partial charge in [0.1, 0.15) is 12.4 Å². The second kappa shape index (κ2) is 11.6. The van der Waals surface area contributed by atoms with E-state index in [2.05, 4.69) is 38.5 Å². The Kier molecular flexibility index (Phi) is 8.51. The summed E-state index contributed by atoms with van der Waals surface area (Å²) in [5.41, 5.74) is 1.97. The van der Waals surface area contributed by atoms with Crippen LogP contribution >= 0.6 is 50.3 Å². The molecule has 180 valence electrons. The molecule has 0 bridgehead atoms. The zero-order valence-electron chi connectivity index (χ0n) is 18.6. The first-order valence-corrected chi connectivity index (χ1v) is 13.4. The fraction of sp³-hybridized carbons (Fsp3) is 0.154. The van der Waals surface area contributed by atoms with Crippen molar-refractivity contribution in [1.82, 2.24) is 4.90 Å². The predicted molar refractivity (Wildman–Crippen MR) is 147 cm³/mol. The molecule has 4 rings (SSSR count). The molecule has 5 nitrogen and oxygen atoms in total. The number of amides is 2. The van der Waals surface area contributed by atoms with Crippen molar-refractivity contribution in [2.75, 3.05) is 6.61 Å². The average molecular weight is 668 g/mol. The molecule has 0 unspecified atom stereocenters. The van der Waals surface area contributed by atoms with Gasteiger partial charge in [0.05, 0.1) is 22.5 Å². The molecule has 1 fully saturated rings. The smallest absolute Gasteiger partial charge is 0.293 e. The van der Waals surface area contributed by atoms with Gasteiger partial charge < -0.3 is 9.47 Å². The van der Waals surface area contributed by atoms with E-state index >= 15 is 0 Å². The maximum Gasteiger partial charge on any atom is 0.293 e. The summed E-state index contributed by atoms with van der Waals surface area (Å²) in [6, 6.07) is 17.6. The molecule has 1 heterocycles. The minimum Gasteiger partial charge on any atom is -0.490 e. The highest BCUT2D eigenvalue weighted by molar-refractivity contribution is 14.1. The normalized spacial score (nSPS) is 14.6. The highest BCUT2D eigenvalue weighted by Crippen LogP contribution is 2.40. The Bertz CT molecular complexity index is 1300. The summed E-state index contributed by atoms with van der Waals surface area (Å²) in [5.74, 6) is 0.188. The van der Waals surface area contributed by atoms with Crippen LogP contribution in [0.3, 0.4) is 0 Å². The van der Waals surface area contributed by atoms with E-state index in [4.69, 9.17) is 9.47 Å². The third kappa shape index (κ3) is 6.25. The highest BCUT2D eigenvalue weighted by atomic mass is 127. The van der Waals surface area contributed by atoms with Crippen LogP contribution in [0.4, 0.5) is 9.18 Å². The SMILES string of the molecule is CCOc1cc(/C=C2\SC(=O)N(Cc3ccc(I)cc3)C2=O)cc(Br)c1OCc1ccccc1F. The molecule has 3 aromatic carbocycles. The summed E-state index contributed by atoms with van der Waals surface area (Å²) in [5, 5.41) is -0.311. The van der Waals surface area contributed by atoms with Gasteiger partial charge in [0, 0.05) is 9.13 Å². The van der Waals surface area contributed by atoms with Crippen molar-refractivity contribution >= 4 is 67.5 Å². The Balaban J connectivity index is 1.55. The zero-order chi connectivity index (χ0) is 24.9. The topological polar surface area (TPSA) is 55.8 Å². The van der Waals surface area contributed by atoms with Gasteiger partial charge in [-0.2, -0.15) is 0 Å². The van der Waals surface area contributed by atoms with Gasteiger partial charge in [0.25, 0.3) is 11.1 Å². The van der Waals surface area contributed by atoms with E-state index in [9.17, 15) is 14.0 Å². The number of ether oxygens (including phenoxy) is 2. The van der Waals surface area contributed by atoms with Crippen LogP contribution in [0.5, 0.6) is 11.5 Å². The summed E-state index contributed by atoms with van der Waals surface area (Å²) in [6.07, 6.45) is 1.66. The zero-order valence-corrected chi connectivity index (χ0v) is 23.2. The van der Waals surface area contributed by atoms with Crippen LogP contribution in [0.1, 0.15) is 23.6 Å². The second-order valence-corrected chi connectivity index (χ2v) is 10.6. The Morgan fingerprint density at radius 1 is 1.09 bits per heavy atom. The molecule has 0 spiro atoms. The third-order valence-electron chi connectivity index (χ3n) is 5.09. The summed E-state index contributed by atoms with van der Waals surface area (Å²) >= 11 is 6.61. The van der Waals surface area contributed by atoms with Gasteiger partial charge in [-0.25, -0.2) is 4.39 Å². The molecular formula is C26H20BrFINO4S. The van der Waals surface area contributed by atoms with Gasteiger partial charge in [0.15, 0.2) is 11.5 Å². The van der Waals surface area contributed by atoms with Gasteiger partial charge >= 0.3 is 0 Å². The summed E-state index contributed by atoms with van der Waals surface area (Å²) in [6.45, 7) is 2.48. The quantitative estimate of drug-likeness (QED) is 0.185. The lowest BCUT2D eigenvalue weighted by Crippen LogP contribution is -2.27. The molecule has 9 heteroatoms. The van der Waals surface area contributed by atoms with Crippen LogP contribution in [0.25, 0.3) is 6.08 Å². The number of hydrogen-bond donors (Lipinski definition) is 0. The van der Waals surface area contributed by atoms with E-state index in [1.54, 1.807) is 36.4 Å². The number of hydrogen-bond acceptors (Lipinski definition) is 5. The molecule has 1 aliphatic heterocycles. The first-order chi connectivity index (χ1) is 16.9. The number of carbonyl (C=O) groups is 2. The van der Waals surface area contributed by atoms with Crippen LogP contribution < -0.4 is 9.47 Å². The molecule has 0 aliphatic carbocycles. The van der Waals surface area contributed by atoms with E-state index in [0.717, 1.165) is 20.9 Å². The van der Waals surface area contributed by atoms with E-state index in [1.807, 2.05) is 31.2 Å². The number of nitrogens with zero attached hydrogens (tertiary/aromatic N) is 1. The van der Waals surface area contributed by atoms with Gasteiger partial charge in [-0.1, -0.05) is 30.3 Å². The molecule has 35 heavy (non-hydrogen) atoms. The van der Waals surface area contributed by atoms with Gasteiger partial charge in [-0.05, 0) is 105 Å². The Labute approximate surface area is 228 Å². The summed E-state index contributed by atoms with van der Waals surface area (Å²) in [4.78, 5) is 27.1. The molecule has 0 aromatic heterocycles. The van der Waals surface area contributed by atoms with Crippen LogP contribution in [-0.2, 0) is 17.9 Å². The molecule has 3 aromatic rings. The second-order valence-electron chi connectivity index (χ2n) is 7.54. The largest absolute Gasteiger partial charge is 0.490 e. The van der Waals surface area contributed by atoms with Crippen molar-refractivity contribution < 1.29 is 23.5 Å². The van der Waals surface area contributed by atoms with Crippen molar-refractivity contribution in [2.24, 2.45) is 0 Å². The van der Waals surface area contributed by atoms with Crippen LogP contribution in [0.15, 0.2) is 70.0 Å². The fourth-order valence-electron chi connectivity index (χ4n) is 3.40. The fourth-order valence-corrected chi connectivity index (χ4v) is 5.17. The van der Waals surface area contributed by atoms with Gasteiger partial charge in [-0.15, -0.1) is 0 Å². The number of benzene rings is 3. The molecule has 1 saturated heterocycles. The molecule has 0 saturated carbocycles. The van der Waals surface area contributed by atoms with E-state index in [-0.39, 0.29) is 30.1 Å². The minimum atomic E-state index is -0.348. The van der Waals surface area contributed by atoms with Crippen molar-refractivity contribution in [3.8, 4) is 11.5 Å². The van der Waals surface area contributed by atoms with E-state index in [0.29, 0.717) is 38.6 Å². The summed E-state index contributed by atoms with van der Waals surface area (Å²) in [7, 11) is 0. The molecule has 0 N–H and O–H groups in total.